The van der Waals surface area contributed by atoms with Gasteiger partial charge in [-0.25, -0.2) is 0 Å². The maximum absolute atomic E-state index is 9.13. The highest BCUT2D eigenvalue weighted by atomic mass is 16.7. The van der Waals surface area contributed by atoms with E-state index in [9.17, 15) is 0 Å². The maximum atomic E-state index is 9.13. The van der Waals surface area contributed by atoms with Crippen LogP contribution in [0.15, 0.2) is 18.2 Å². The quantitative estimate of drug-likeness (QED) is 0.876. The van der Waals surface area contributed by atoms with E-state index in [1.165, 1.54) is 0 Å². The van der Waals surface area contributed by atoms with Gasteiger partial charge in [-0.2, -0.15) is 5.10 Å². The monoisotopic (exact) mass is 302 g/mol. The van der Waals surface area contributed by atoms with E-state index in [2.05, 4.69) is 38.9 Å². The average molecular weight is 302 g/mol. The van der Waals surface area contributed by atoms with Gasteiger partial charge in [-0.3, -0.25) is 4.68 Å². The topological polar surface area (TPSA) is 56.5 Å². The number of nitrogens with zero attached hydrogens (tertiary/aromatic N) is 2. The third-order valence-electron chi connectivity index (χ3n) is 4.80. The molecule has 1 N–H and O–H groups in total. The zero-order valence-electron chi connectivity index (χ0n) is 13.9. The van der Waals surface area contributed by atoms with Gasteiger partial charge in [0.2, 0.25) is 0 Å². The number of hydrogen-bond acceptors (Lipinski definition) is 4. The Hall–Kier alpha value is -1.37. The Kier molecular flexibility index (Phi) is 3.59. The summed E-state index contributed by atoms with van der Waals surface area (Å²) in [5.74, 6) is 0. The van der Waals surface area contributed by atoms with Crippen LogP contribution >= 0.6 is 0 Å². The minimum Gasteiger partial charge on any atom is -0.399 e. The van der Waals surface area contributed by atoms with Crippen molar-refractivity contribution in [3.63, 3.8) is 0 Å². The summed E-state index contributed by atoms with van der Waals surface area (Å²) in [7, 11) is -0.366. The van der Waals surface area contributed by atoms with Crippen LogP contribution in [0.4, 0.5) is 0 Å². The number of rotatable bonds is 3. The molecule has 1 fully saturated rings. The molecule has 0 bridgehead atoms. The Balaban J connectivity index is 1.98. The summed E-state index contributed by atoms with van der Waals surface area (Å²) in [6.07, 6.45) is 0. The van der Waals surface area contributed by atoms with Crippen LogP contribution in [-0.4, -0.2) is 39.8 Å². The lowest BCUT2D eigenvalue weighted by molar-refractivity contribution is 0.00578. The molecule has 2 heterocycles. The molecule has 22 heavy (non-hydrogen) atoms. The molecule has 1 aromatic heterocycles. The third kappa shape index (κ3) is 2.35. The Morgan fingerprint density at radius 1 is 1.18 bits per heavy atom. The molecule has 0 aliphatic carbocycles. The van der Waals surface area contributed by atoms with Gasteiger partial charge in [0, 0.05) is 5.39 Å². The summed E-state index contributed by atoms with van der Waals surface area (Å²) < 4.78 is 14.0. The molecule has 0 spiro atoms. The van der Waals surface area contributed by atoms with Crippen LogP contribution in [0.5, 0.6) is 0 Å². The van der Waals surface area contributed by atoms with E-state index in [1.807, 2.05) is 23.7 Å². The van der Waals surface area contributed by atoms with Gasteiger partial charge >= 0.3 is 7.12 Å². The molecule has 1 aromatic carbocycles. The number of fused-ring (bicyclic) bond motifs is 1. The van der Waals surface area contributed by atoms with E-state index in [1.54, 1.807) is 0 Å². The van der Waals surface area contributed by atoms with E-state index < -0.39 is 0 Å². The summed E-state index contributed by atoms with van der Waals surface area (Å²) >= 11 is 0. The molecule has 3 rings (SSSR count). The molecule has 2 aromatic rings. The van der Waals surface area contributed by atoms with Gasteiger partial charge in [0.25, 0.3) is 0 Å². The molecule has 5 nitrogen and oxygen atoms in total. The highest BCUT2D eigenvalue weighted by molar-refractivity contribution is 6.62. The van der Waals surface area contributed by atoms with Crippen LogP contribution in [0.3, 0.4) is 0 Å². The lowest BCUT2D eigenvalue weighted by atomic mass is 9.78. The van der Waals surface area contributed by atoms with Crippen molar-refractivity contribution in [1.29, 1.82) is 0 Å². The van der Waals surface area contributed by atoms with Crippen molar-refractivity contribution in [1.82, 2.24) is 9.78 Å². The van der Waals surface area contributed by atoms with Gasteiger partial charge < -0.3 is 14.4 Å². The summed E-state index contributed by atoms with van der Waals surface area (Å²) in [5.41, 5.74) is 2.28. The fourth-order valence-electron chi connectivity index (χ4n) is 2.75. The van der Waals surface area contributed by atoms with E-state index in [4.69, 9.17) is 14.4 Å². The normalized spacial score (nSPS) is 20.0. The fourth-order valence-corrected chi connectivity index (χ4v) is 2.75. The van der Waals surface area contributed by atoms with Gasteiger partial charge in [0.05, 0.1) is 35.6 Å². The van der Waals surface area contributed by atoms with Gasteiger partial charge in [-0.15, -0.1) is 0 Å². The molecule has 118 valence electrons. The SMILES string of the molecule is Cc1nn(CCO)c2ccc(B3OC(C)(C)C(C)(C)O3)cc12. The van der Waals surface area contributed by atoms with Gasteiger partial charge in [-0.1, -0.05) is 12.1 Å². The van der Waals surface area contributed by atoms with Crippen molar-refractivity contribution in [2.45, 2.75) is 52.4 Å². The molecule has 0 amide bonds. The van der Waals surface area contributed by atoms with Crippen LogP contribution in [-0.2, 0) is 15.9 Å². The third-order valence-corrected chi connectivity index (χ3v) is 4.80. The predicted molar refractivity (Wildman–Crippen MR) is 87.3 cm³/mol. The summed E-state index contributed by atoms with van der Waals surface area (Å²) in [4.78, 5) is 0. The van der Waals surface area contributed by atoms with Gasteiger partial charge in [0.15, 0.2) is 0 Å². The fraction of sp³-hybridized carbons (Fsp3) is 0.562. The molecule has 1 aliphatic heterocycles. The number of aliphatic hydroxyl groups is 1. The van der Waals surface area contributed by atoms with E-state index in [0.717, 1.165) is 22.1 Å². The van der Waals surface area contributed by atoms with Crippen LogP contribution in [0.25, 0.3) is 10.9 Å². The van der Waals surface area contributed by atoms with Crippen LogP contribution in [0, 0.1) is 6.92 Å². The van der Waals surface area contributed by atoms with Crippen LogP contribution < -0.4 is 5.46 Å². The zero-order valence-corrected chi connectivity index (χ0v) is 13.9. The average Bonchev–Trinajstić information content (AvgIpc) is 2.85. The van der Waals surface area contributed by atoms with E-state index in [-0.39, 0.29) is 24.9 Å². The number of aliphatic hydroxyl groups excluding tert-OH is 1. The highest BCUT2D eigenvalue weighted by Crippen LogP contribution is 2.36. The number of benzene rings is 1. The molecule has 0 atom stereocenters. The first-order chi connectivity index (χ1) is 10.2. The van der Waals surface area contributed by atoms with Crippen molar-refractivity contribution in [2.75, 3.05) is 6.61 Å². The van der Waals surface area contributed by atoms with Crippen molar-refractivity contribution >= 4 is 23.5 Å². The Bertz CT molecular complexity index is 693. The van der Waals surface area contributed by atoms with E-state index in [0.29, 0.717) is 6.54 Å². The second kappa shape index (κ2) is 5.08. The predicted octanol–water partition coefficient (Wildman–Crippen LogP) is 1.64. The molecule has 1 saturated heterocycles. The molecule has 6 heteroatoms. The van der Waals surface area contributed by atoms with Gasteiger partial charge in [0.1, 0.15) is 0 Å². The van der Waals surface area contributed by atoms with Crippen molar-refractivity contribution in [2.24, 2.45) is 0 Å². The second-order valence-corrected chi connectivity index (χ2v) is 6.90. The van der Waals surface area contributed by atoms with Crippen LogP contribution in [0.1, 0.15) is 33.4 Å². The Labute approximate surface area is 131 Å². The first-order valence-electron chi connectivity index (χ1n) is 7.69. The minimum atomic E-state index is -0.366. The summed E-state index contributed by atoms with van der Waals surface area (Å²) in [6.45, 7) is 10.8. The second-order valence-electron chi connectivity index (χ2n) is 6.90. The molecular weight excluding hydrogens is 279 g/mol. The summed E-state index contributed by atoms with van der Waals surface area (Å²) in [5, 5.41) is 14.7. The first kappa shape index (κ1) is 15.5. The lowest BCUT2D eigenvalue weighted by Gasteiger charge is -2.32. The maximum Gasteiger partial charge on any atom is 0.494 e. The molecular formula is C16H23BN2O3. The molecule has 0 radical (unpaired) electrons. The molecule has 0 unspecified atom stereocenters. The Morgan fingerprint density at radius 2 is 1.82 bits per heavy atom. The van der Waals surface area contributed by atoms with Crippen molar-refractivity contribution in [3.05, 3.63) is 23.9 Å². The standard InChI is InChI=1S/C16H23BN2O3/c1-11-13-10-12(6-7-14(13)19(18-11)8-9-20)17-21-15(2,3)16(4,5)22-17/h6-7,10,20H,8-9H2,1-5H3. The largest absolute Gasteiger partial charge is 0.494 e. The number of aryl methyl sites for hydroxylation is 1. The number of aromatic nitrogens is 2. The van der Waals surface area contributed by atoms with Crippen LogP contribution in [0.2, 0.25) is 0 Å². The summed E-state index contributed by atoms with van der Waals surface area (Å²) in [6, 6.07) is 6.11. The first-order valence-corrected chi connectivity index (χ1v) is 7.69. The smallest absolute Gasteiger partial charge is 0.399 e. The van der Waals surface area contributed by atoms with E-state index >= 15 is 0 Å². The molecule has 1 aliphatic rings. The highest BCUT2D eigenvalue weighted by Gasteiger charge is 2.51. The van der Waals surface area contributed by atoms with Crippen molar-refractivity contribution in [3.8, 4) is 0 Å². The lowest BCUT2D eigenvalue weighted by Crippen LogP contribution is -2.41. The van der Waals surface area contributed by atoms with Gasteiger partial charge in [-0.05, 0) is 46.1 Å². The number of hydrogen-bond donors (Lipinski definition) is 1. The zero-order chi connectivity index (χ0) is 16.1. The minimum absolute atomic E-state index is 0.0786. The van der Waals surface area contributed by atoms with Crippen molar-refractivity contribution < 1.29 is 14.4 Å². The molecule has 0 saturated carbocycles. The Morgan fingerprint density at radius 3 is 2.41 bits per heavy atom.